The van der Waals surface area contributed by atoms with Gasteiger partial charge in [-0.2, -0.15) is 0 Å². The third-order valence-corrected chi connectivity index (χ3v) is 4.54. The third-order valence-electron chi connectivity index (χ3n) is 4.05. The Hall–Kier alpha value is -0.980. The number of benzene rings is 1. The van der Waals surface area contributed by atoms with E-state index in [1.165, 1.54) is 0 Å². The second kappa shape index (κ2) is 7.33. The minimum Gasteiger partial charge on any atom is -0.326 e. The van der Waals surface area contributed by atoms with Gasteiger partial charge in [-0.15, -0.1) is 0 Å². The summed E-state index contributed by atoms with van der Waals surface area (Å²) in [5, 5.41) is 11.4. The molecule has 0 bridgehead atoms. The maximum atomic E-state index is 11.4. The largest absolute Gasteiger partial charge is 0.326 e. The molecule has 1 fully saturated rings. The lowest BCUT2D eigenvalue weighted by Gasteiger charge is -2.33. The van der Waals surface area contributed by atoms with Crippen LogP contribution in [0.1, 0.15) is 44.2 Å². The van der Waals surface area contributed by atoms with E-state index in [0.717, 1.165) is 48.8 Å². The first-order valence-corrected chi connectivity index (χ1v) is 8.27. The monoisotopic (exact) mass is 355 g/mol. The Kier molecular flexibility index (Phi) is 5.72. The van der Waals surface area contributed by atoms with Gasteiger partial charge in [0.25, 0.3) is 5.69 Å². The zero-order valence-corrected chi connectivity index (χ0v) is 13.9. The van der Waals surface area contributed by atoms with Gasteiger partial charge in [0.15, 0.2) is 0 Å². The van der Waals surface area contributed by atoms with Gasteiger partial charge in [0.2, 0.25) is 0 Å². The summed E-state index contributed by atoms with van der Waals surface area (Å²) < 4.78 is 0.724. The Labute approximate surface area is 133 Å². The molecule has 2 N–H and O–H groups in total. The van der Waals surface area contributed by atoms with Crippen molar-refractivity contribution in [1.29, 1.82) is 0 Å². The van der Waals surface area contributed by atoms with Crippen LogP contribution in [0.4, 0.5) is 5.69 Å². The molecule has 1 heterocycles. The van der Waals surface area contributed by atoms with Crippen LogP contribution >= 0.6 is 15.9 Å². The SMILES string of the molecule is CCCN1CCCCC(N)C1c1ccc(Br)cc1[N+](=O)[O-]. The number of hydrogen-bond donors (Lipinski definition) is 1. The van der Waals surface area contributed by atoms with Crippen LogP contribution in [-0.2, 0) is 0 Å². The second-order valence-corrected chi connectivity index (χ2v) is 6.52. The first-order chi connectivity index (χ1) is 10.0. The number of hydrogen-bond acceptors (Lipinski definition) is 4. The molecule has 0 radical (unpaired) electrons. The van der Waals surface area contributed by atoms with E-state index in [2.05, 4.69) is 27.8 Å². The lowest BCUT2D eigenvalue weighted by Crippen LogP contribution is -2.40. The van der Waals surface area contributed by atoms with Crippen LogP contribution in [0.5, 0.6) is 0 Å². The van der Waals surface area contributed by atoms with Crippen molar-refractivity contribution in [2.75, 3.05) is 13.1 Å². The van der Waals surface area contributed by atoms with Crippen molar-refractivity contribution < 1.29 is 4.92 Å². The molecule has 5 nitrogen and oxygen atoms in total. The van der Waals surface area contributed by atoms with Gasteiger partial charge in [-0.1, -0.05) is 29.3 Å². The summed E-state index contributed by atoms with van der Waals surface area (Å²) >= 11 is 3.32. The molecule has 1 aliphatic rings. The minimum atomic E-state index is -0.304. The minimum absolute atomic E-state index is 0.0566. The predicted octanol–water partition coefficient (Wildman–Crippen LogP) is 3.62. The van der Waals surface area contributed by atoms with E-state index in [4.69, 9.17) is 5.73 Å². The summed E-state index contributed by atoms with van der Waals surface area (Å²) in [6.07, 6.45) is 4.13. The molecule has 1 aromatic rings. The van der Waals surface area contributed by atoms with Crippen molar-refractivity contribution in [3.8, 4) is 0 Å². The van der Waals surface area contributed by atoms with E-state index >= 15 is 0 Å². The molecular weight excluding hydrogens is 334 g/mol. The molecule has 21 heavy (non-hydrogen) atoms. The van der Waals surface area contributed by atoms with E-state index in [1.807, 2.05) is 12.1 Å². The molecule has 1 saturated heterocycles. The predicted molar refractivity (Wildman–Crippen MR) is 87.2 cm³/mol. The summed E-state index contributed by atoms with van der Waals surface area (Å²) in [6.45, 7) is 4.01. The number of nitro groups is 1. The Morgan fingerprint density at radius 3 is 2.90 bits per heavy atom. The molecule has 0 aromatic heterocycles. The molecule has 0 amide bonds. The topological polar surface area (TPSA) is 72.4 Å². The molecule has 6 heteroatoms. The van der Waals surface area contributed by atoms with E-state index in [9.17, 15) is 10.1 Å². The molecule has 116 valence electrons. The van der Waals surface area contributed by atoms with E-state index in [1.54, 1.807) is 6.07 Å². The van der Waals surface area contributed by atoms with Crippen molar-refractivity contribution >= 4 is 21.6 Å². The molecule has 1 aromatic carbocycles. The third kappa shape index (κ3) is 3.81. The molecule has 2 atom stereocenters. The highest BCUT2D eigenvalue weighted by atomic mass is 79.9. The first-order valence-electron chi connectivity index (χ1n) is 7.48. The Morgan fingerprint density at radius 2 is 2.24 bits per heavy atom. The molecule has 0 spiro atoms. The van der Waals surface area contributed by atoms with Gasteiger partial charge in [-0.3, -0.25) is 15.0 Å². The highest BCUT2D eigenvalue weighted by Gasteiger charge is 2.33. The standard InChI is InChI=1S/C15H22BrN3O2/c1-2-8-18-9-4-3-5-13(17)15(18)12-7-6-11(16)10-14(12)19(20)21/h6-7,10,13,15H,2-5,8-9,17H2,1H3. The smallest absolute Gasteiger partial charge is 0.275 e. The fourth-order valence-electron chi connectivity index (χ4n) is 3.15. The highest BCUT2D eigenvalue weighted by molar-refractivity contribution is 9.10. The van der Waals surface area contributed by atoms with Crippen molar-refractivity contribution in [3.05, 3.63) is 38.3 Å². The van der Waals surface area contributed by atoms with Gasteiger partial charge in [0.05, 0.1) is 11.0 Å². The van der Waals surface area contributed by atoms with Crippen molar-refractivity contribution in [1.82, 2.24) is 4.90 Å². The van der Waals surface area contributed by atoms with Crippen LogP contribution in [0.3, 0.4) is 0 Å². The summed E-state index contributed by atoms with van der Waals surface area (Å²) in [6, 6.07) is 5.17. The molecule has 0 aliphatic carbocycles. The fourth-order valence-corrected chi connectivity index (χ4v) is 3.50. The Balaban J connectivity index is 2.45. The van der Waals surface area contributed by atoms with Crippen LogP contribution in [0.15, 0.2) is 22.7 Å². The molecular formula is C15H22BrN3O2. The summed E-state index contributed by atoms with van der Waals surface area (Å²) in [7, 11) is 0. The van der Waals surface area contributed by atoms with Crippen LogP contribution in [-0.4, -0.2) is 29.0 Å². The summed E-state index contributed by atoms with van der Waals surface area (Å²) in [5.41, 5.74) is 7.26. The average molecular weight is 356 g/mol. The summed E-state index contributed by atoms with van der Waals surface area (Å²) in [5.74, 6) is 0. The zero-order valence-electron chi connectivity index (χ0n) is 12.3. The van der Waals surface area contributed by atoms with Gasteiger partial charge in [-0.25, -0.2) is 0 Å². The van der Waals surface area contributed by atoms with Gasteiger partial charge < -0.3 is 5.73 Å². The number of likely N-dealkylation sites (tertiary alicyclic amines) is 1. The molecule has 1 aliphatic heterocycles. The van der Waals surface area contributed by atoms with Crippen molar-refractivity contribution in [2.45, 2.75) is 44.7 Å². The van der Waals surface area contributed by atoms with Gasteiger partial charge >= 0.3 is 0 Å². The first kappa shape index (κ1) is 16.4. The lowest BCUT2D eigenvalue weighted by molar-refractivity contribution is -0.386. The molecule has 0 saturated carbocycles. The van der Waals surface area contributed by atoms with Crippen LogP contribution in [0, 0.1) is 10.1 Å². The van der Waals surface area contributed by atoms with Crippen LogP contribution < -0.4 is 5.73 Å². The number of nitrogens with two attached hydrogens (primary N) is 1. The Bertz CT molecular complexity index is 510. The zero-order chi connectivity index (χ0) is 15.4. The van der Waals surface area contributed by atoms with Crippen molar-refractivity contribution in [2.24, 2.45) is 5.73 Å². The van der Waals surface area contributed by atoms with Gasteiger partial charge in [-0.05, 0) is 44.5 Å². The summed E-state index contributed by atoms with van der Waals surface area (Å²) in [4.78, 5) is 13.4. The fraction of sp³-hybridized carbons (Fsp3) is 0.600. The number of nitrogens with zero attached hydrogens (tertiary/aromatic N) is 2. The maximum Gasteiger partial charge on any atom is 0.275 e. The molecule has 2 unspecified atom stereocenters. The number of nitro benzene ring substituents is 1. The van der Waals surface area contributed by atoms with E-state index in [0.29, 0.717) is 0 Å². The normalized spacial score (nSPS) is 23.8. The lowest BCUT2D eigenvalue weighted by atomic mass is 9.95. The van der Waals surface area contributed by atoms with Crippen LogP contribution in [0.2, 0.25) is 0 Å². The van der Waals surface area contributed by atoms with Gasteiger partial charge in [0, 0.05) is 22.1 Å². The number of halogens is 1. The van der Waals surface area contributed by atoms with Crippen molar-refractivity contribution in [3.63, 3.8) is 0 Å². The molecule has 2 rings (SSSR count). The van der Waals surface area contributed by atoms with E-state index < -0.39 is 0 Å². The quantitative estimate of drug-likeness (QED) is 0.661. The number of rotatable bonds is 4. The average Bonchev–Trinajstić information content (AvgIpc) is 2.61. The second-order valence-electron chi connectivity index (χ2n) is 5.60. The highest BCUT2D eigenvalue weighted by Crippen LogP contribution is 2.36. The van der Waals surface area contributed by atoms with Gasteiger partial charge in [0.1, 0.15) is 0 Å². The van der Waals surface area contributed by atoms with Crippen LogP contribution in [0.25, 0.3) is 0 Å². The Morgan fingerprint density at radius 1 is 1.48 bits per heavy atom. The maximum absolute atomic E-state index is 11.4. The van der Waals surface area contributed by atoms with E-state index in [-0.39, 0.29) is 22.7 Å².